The first-order chi connectivity index (χ1) is 7.69. The molecule has 1 aromatic carbocycles. The second kappa shape index (κ2) is 5.80. The number of hydrogen-bond donors (Lipinski definition) is 1. The lowest BCUT2D eigenvalue weighted by molar-refractivity contribution is 0.0696. The van der Waals surface area contributed by atoms with Gasteiger partial charge in [-0.05, 0) is 24.6 Å². The molecule has 0 unspecified atom stereocenters. The van der Waals surface area contributed by atoms with Gasteiger partial charge in [-0.3, -0.25) is 0 Å². The van der Waals surface area contributed by atoms with Crippen LogP contribution in [0.3, 0.4) is 0 Å². The quantitative estimate of drug-likeness (QED) is 0.593. The van der Waals surface area contributed by atoms with Crippen LogP contribution >= 0.6 is 0 Å². The Labute approximate surface area is 94.1 Å². The molecular formula is C12H14O4. The highest BCUT2D eigenvalue weighted by Crippen LogP contribution is 2.28. The van der Waals surface area contributed by atoms with Gasteiger partial charge < -0.3 is 14.6 Å². The van der Waals surface area contributed by atoms with Crippen LogP contribution in [0.4, 0.5) is 0 Å². The van der Waals surface area contributed by atoms with Crippen LogP contribution in [0.15, 0.2) is 30.9 Å². The molecule has 0 fully saturated rings. The molecule has 0 aromatic heterocycles. The van der Waals surface area contributed by atoms with E-state index in [0.717, 1.165) is 6.42 Å². The molecule has 0 saturated carbocycles. The third-order valence-electron chi connectivity index (χ3n) is 1.99. The van der Waals surface area contributed by atoms with E-state index in [-0.39, 0.29) is 5.56 Å². The zero-order chi connectivity index (χ0) is 12.0. The van der Waals surface area contributed by atoms with Gasteiger partial charge in [0.05, 0.1) is 19.3 Å². The number of ether oxygens (including phenoxy) is 2. The number of carboxylic acids is 1. The van der Waals surface area contributed by atoms with Gasteiger partial charge in [0.25, 0.3) is 0 Å². The second-order valence-corrected chi connectivity index (χ2v) is 3.10. The minimum Gasteiger partial charge on any atom is -0.493 e. The van der Waals surface area contributed by atoms with Crippen LogP contribution < -0.4 is 9.47 Å². The third-order valence-corrected chi connectivity index (χ3v) is 1.99. The zero-order valence-electron chi connectivity index (χ0n) is 9.10. The molecule has 1 rings (SSSR count). The molecule has 86 valence electrons. The van der Waals surface area contributed by atoms with Gasteiger partial charge in [-0.15, -0.1) is 6.58 Å². The molecule has 16 heavy (non-hydrogen) atoms. The van der Waals surface area contributed by atoms with Crippen molar-refractivity contribution < 1.29 is 19.4 Å². The van der Waals surface area contributed by atoms with Crippen molar-refractivity contribution in [2.24, 2.45) is 0 Å². The maximum absolute atomic E-state index is 10.7. The van der Waals surface area contributed by atoms with Crippen LogP contribution in [0.1, 0.15) is 16.8 Å². The molecule has 0 amide bonds. The summed E-state index contributed by atoms with van der Waals surface area (Å²) in [5.41, 5.74) is 0.174. The summed E-state index contributed by atoms with van der Waals surface area (Å²) in [7, 11) is 1.47. The number of carboxylic acid groups (broad SMARTS) is 1. The molecule has 1 aromatic rings. The Hall–Kier alpha value is -1.97. The number of hydrogen-bond acceptors (Lipinski definition) is 3. The van der Waals surface area contributed by atoms with Crippen molar-refractivity contribution in [3.63, 3.8) is 0 Å². The van der Waals surface area contributed by atoms with Crippen LogP contribution in [-0.4, -0.2) is 24.8 Å². The number of methoxy groups -OCH3 is 1. The molecule has 0 aliphatic carbocycles. The highest BCUT2D eigenvalue weighted by Gasteiger charge is 2.09. The maximum atomic E-state index is 10.7. The Bertz CT molecular complexity index is 385. The Kier molecular flexibility index (Phi) is 4.39. The van der Waals surface area contributed by atoms with Crippen LogP contribution in [-0.2, 0) is 0 Å². The lowest BCUT2D eigenvalue weighted by atomic mass is 10.2. The summed E-state index contributed by atoms with van der Waals surface area (Å²) in [6.45, 7) is 4.08. The fourth-order valence-corrected chi connectivity index (χ4v) is 1.17. The summed E-state index contributed by atoms with van der Waals surface area (Å²) < 4.78 is 10.5. The molecule has 0 saturated heterocycles. The molecule has 0 heterocycles. The lowest BCUT2D eigenvalue weighted by Crippen LogP contribution is -2.01. The summed E-state index contributed by atoms with van der Waals surface area (Å²) in [5, 5.41) is 8.80. The van der Waals surface area contributed by atoms with E-state index in [1.165, 1.54) is 19.2 Å². The maximum Gasteiger partial charge on any atom is 0.335 e. The van der Waals surface area contributed by atoms with E-state index >= 15 is 0 Å². The predicted molar refractivity (Wildman–Crippen MR) is 60.3 cm³/mol. The Morgan fingerprint density at radius 1 is 1.50 bits per heavy atom. The normalized spacial score (nSPS) is 9.56. The van der Waals surface area contributed by atoms with Crippen LogP contribution in [0.25, 0.3) is 0 Å². The first-order valence-corrected chi connectivity index (χ1v) is 4.84. The van der Waals surface area contributed by atoms with Crippen molar-refractivity contribution >= 4 is 5.97 Å². The van der Waals surface area contributed by atoms with E-state index < -0.39 is 5.97 Å². The summed E-state index contributed by atoms with van der Waals surface area (Å²) in [4.78, 5) is 10.7. The largest absolute Gasteiger partial charge is 0.493 e. The standard InChI is InChI=1S/C12H14O4/c1-3-4-7-16-10-6-5-9(12(13)14)8-11(10)15-2/h3,5-6,8H,1,4,7H2,2H3,(H,13,14). The van der Waals surface area contributed by atoms with Crippen LogP contribution in [0, 0.1) is 0 Å². The highest BCUT2D eigenvalue weighted by molar-refractivity contribution is 5.88. The van der Waals surface area contributed by atoms with Crippen molar-refractivity contribution in [2.45, 2.75) is 6.42 Å². The first kappa shape index (κ1) is 12.1. The van der Waals surface area contributed by atoms with Gasteiger partial charge in [0.1, 0.15) is 0 Å². The Morgan fingerprint density at radius 2 is 2.25 bits per heavy atom. The highest BCUT2D eigenvalue weighted by atomic mass is 16.5. The fourth-order valence-electron chi connectivity index (χ4n) is 1.17. The molecular weight excluding hydrogens is 208 g/mol. The molecule has 4 heteroatoms. The summed E-state index contributed by atoms with van der Waals surface area (Å²) in [5.74, 6) is -0.0331. The van der Waals surface area contributed by atoms with Crippen molar-refractivity contribution in [1.29, 1.82) is 0 Å². The van der Waals surface area contributed by atoms with E-state index in [1.54, 1.807) is 12.1 Å². The van der Waals surface area contributed by atoms with Crippen molar-refractivity contribution in [3.05, 3.63) is 36.4 Å². The molecule has 0 bridgehead atoms. The number of carbonyl (C=O) groups is 1. The molecule has 0 aliphatic rings. The number of rotatable bonds is 6. The summed E-state index contributed by atoms with van der Waals surface area (Å²) in [6, 6.07) is 4.51. The molecule has 0 spiro atoms. The zero-order valence-corrected chi connectivity index (χ0v) is 9.10. The van der Waals surface area contributed by atoms with Gasteiger partial charge >= 0.3 is 5.97 Å². The number of benzene rings is 1. The van der Waals surface area contributed by atoms with E-state index in [4.69, 9.17) is 14.6 Å². The average molecular weight is 222 g/mol. The second-order valence-electron chi connectivity index (χ2n) is 3.10. The fraction of sp³-hybridized carbons (Fsp3) is 0.250. The van der Waals surface area contributed by atoms with Crippen LogP contribution in [0.2, 0.25) is 0 Å². The monoisotopic (exact) mass is 222 g/mol. The van der Waals surface area contributed by atoms with Crippen molar-refractivity contribution in [2.75, 3.05) is 13.7 Å². The van der Waals surface area contributed by atoms with Gasteiger partial charge in [0, 0.05) is 0 Å². The van der Waals surface area contributed by atoms with E-state index in [0.29, 0.717) is 18.1 Å². The van der Waals surface area contributed by atoms with Gasteiger partial charge in [0.2, 0.25) is 0 Å². The molecule has 0 aliphatic heterocycles. The van der Waals surface area contributed by atoms with Gasteiger partial charge in [0.15, 0.2) is 11.5 Å². The molecule has 0 atom stereocenters. The minimum atomic E-state index is -0.990. The lowest BCUT2D eigenvalue weighted by Gasteiger charge is -2.10. The predicted octanol–water partition coefficient (Wildman–Crippen LogP) is 2.35. The van der Waals surface area contributed by atoms with E-state index in [2.05, 4.69) is 6.58 Å². The van der Waals surface area contributed by atoms with Gasteiger partial charge in [-0.1, -0.05) is 6.08 Å². The average Bonchev–Trinajstić information content (AvgIpc) is 2.29. The first-order valence-electron chi connectivity index (χ1n) is 4.84. The SMILES string of the molecule is C=CCCOc1ccc(C(=O)O)cc1OC. The summed E-state index contributed by atoms with van der Waals surface area (Å²) >= 11 is 0. The topological polar surface area (TPSA) is 55.8 Å². The Morgan fingerprint density at radius 3 is 2.81 bits per heavy atom. The number of aromatic carboxylic acids is 1. The summed E-state index contributed by atoms with van der Waals surface area (Å²) in [6.07, 6.45) is 2.47. The van der Waals surface area contributed by atoms with Crippen LogP contribution in [0.5, 0.6) is 11.5 Å². The van der Waals surface area contributed by atoms with Crippen molar-refractivity contribution in [3.8, 4) is 11.5 Å². The molecule has 1 N–H and O–H groups in total. The van der Waals surface area contributed by atoms with E-state index in [9.17, 15) is 4.79 Å². The third kappa shape index (κ3) is 3.02. The molecule has 0 radical (unpaired) electrons. The molecule has 4 nitrogen and oxygen atoms in total. The smallest absolute Gasteiger partial charge is 0.335 e. The van der Waals surface area contributed by atoms with Gasteiger partial charge in [-0.2, -0.15) is 0 Å². The van der Waals surface area contributed by atoms with Gasteiger partial charge in [-0.25, -0.2) is 4.79 Å². The Balaban J connectivity index is 2.84. The van der Waals surface area contributed by atoms with Crippen molar-refractivity contribution in [1.82, 2.24) is 0 Å². The minimum absolute atomic E-state index is 0.174. The van der Waals surface area contributed by atoms with E-state index in [1.807, 2.05) is 0 Å².